The molecule has 0 aliphatic heterocycles. The molecule has 1 amide bonds. The lowest BCUT2D eigenvalue weighted by Gasteiger charge is -2.10. The largest absolute Gasteiger partial charge is 0.382 e. The Morgan fingerprint density at radius 2 is 2.19 bits per heavy atom. The summed E-state index contributed by atoms with van der Waals surface area (Å²) >= 11 is 1.18. The van der Waals surface area contributed by atoms with Gasteiger partial charge in [0.15, 0.2) is 5.82 Å². The van der Waals surface area contributed by atoms with Crippen molar-refractivity contribution in [1.82, 2.24) is 14.7 Å². The number of pyridine rings is 1. The van der Waals surface area contributed by atoms with Crippen molar-refractivity contribution in [1.29, 1.82) is 0 Å². The van der Waals surface area contributed by atoms with Crippen molar-refractivity contribution < 1.29 is 4.79 Å². The van der Waals surface area contributed by atoms with Crippen molar-refractivity contribution in [3.8, 4) is 0 Å². The third-order valence-electron chi connectivity index (χ3n) is 2.74. The monoisotopic (exact) mass is 305 g/mol. The standard InChI is InChI=1S/C14H19N5OS/c1-8(2)17-13(20)11-12(15)19-21-14(11)16-7-10-6-4-5-9(3)18-10/h4-6,8,16H,7H2,1-3H3,(H2,15,19)(H,17,20). The van der Waals surface area contributed by atoms with E-state index in [1.165, 1.54) is 11.5 Å². The molecular formula is C14H19N5OS. The second-order valence-corrected chi connectivity index (χ2v) is 5.80. The Bertz CT molecular complexity index is 638. The summed E-state index contributed by atoms with van der Waals surface area (Å²) in [5.74, 6) is 0.0359. The minimum absolute atomic E-state index is 0.0445. The molecule has 0 bridgehead atoms. The maximum absolute atomic E-state index is 12.1. The molecule has 0 unspecified atom stereocenters. The predicted molar refractivity (Wildman–Crippen MR) is 85.4 cm³/mol. The summed E-state index contributed by atoms with van der Waals surface area (Å²) < 4.78 is 4.05. The van der Waals surface area contributed by atoms with Gasteiger partial charge in [0.1, 0.15) is 10.6 Å². The topological polar surface area (TPSA) is 92.9 Å². The minimum Gasteiger partial charge on any atom is -0.382 e. The fourth-order valence-corrected chi connectivity index (χ4v) is 2.55. The van der Waals surface area contributed by atoms with Crippen molar-refractivity contribution in [3.63, 3.8) is 0 Å². The third kappa shape index (κ3) is 3.91. The first-order chi connectivity index (χ1) is 9.97. The molecule has 0 saturated carbocycles. The summed E-state index contributed by atoms with van der Waals surface area (Å²) in [7, 11) is 0. The first-order valence-corrected chi connectivity index (χ1v) is 7.47. The number of nitrogens with zero attached hydrogens (tertiary/aromatic N) is 2. The van der Waals surface area contributed by atoms with Gasteiger partial charge in [-0.25, -0.2) is 0 Å². The average Bonchev–Trinajstić information content (AvgIpc) is 2.77. The van der Waals surface area contributed by atoms with E-state index in [1.54, 1.807) is 0 Å². The lowest BCUT2D eigenvalue weighted by Crippen LogP contribution is -2.30. The number of carbonyl (C=O) groups excluding carboxylic acids is 1. The molecular weight excluding hydrogens is 286 g/mol. The van der Waals surface area contributed by atoms with Crippen molar-refractivity contribution in [3.05, 3.63) is 35.2 Å². The molecule has 0 aromatic carbocycles. The Hall–Kier alpha value is -2.15. The first kappa shape index (κ1) is 15.2. The molecule has 0 spiro atoms. The quantitative estimate of drug-likeness (QED) is 0.787. The number of aromatic nitrogens is 2. The van der Waals surface area contributed by atoms with Crippen LogP contribution in [0, 0.1) is 6.92 Å². The molecule has 2 aromatic heterocycles. The van der Waals surface area contributed by atoms with Crippen LogP contribution in [0.3, 0.4) is 0 Å². The zero-order chi connectivity index (χ0) is 15.4. The van der Waals surface area contributed by atoms with E-state index in [9.17, 15) is 4.79 Å². The van der Waals surface area contributed by atoms with Crippen LogP contribution in [0.4, 0.5) is 10.8 Å². The molecule has 112 valence electrons. The number of nitrogens with one attached hydrogen (secondary N) is 2. The second kappa shape index (κ2) is 6.53. The fraction of sp³-hybridized carbons (Fsp3) is 0.357. The van der Waals surface area contributed by atoms with Gasteiger partial charge >= 0.3 is 0 Å². The van der Waals surface area contributed by atoms with Gasteiger partial charge in [0.25, 0.3) is 5.91 Å². The van der Waals surface area contributed by atoms with Gasteiger partial charge < -0.3 is 16.4 Å². The summed E-state index contributed by atoms with van der Waals surface area (Å²) in [5.41, 5.74) is 8.05. The summed E-state index contributed by atoms with van der Waals surface area (Å²) in [4.78, 5) is 16.6. The third-order valence-corrected chi connectivity index (χ3v) is 3.56. The lowest BCUT2D eigenvalue weighted by molar-refractivity contribution is 0.0945. The van der Waals surface area contributed by atoms with Crippen LogP contribution in [0.5, 0.6) is 0 Å². The molecule has 0 radical (unpaired) electrons. The number of anilines is 2. The number of hydrogen-bond acceptors (Lipinski definition) is 6. The molecule has 0 aliphatic rings. The van der Waals surface area contributed by atoms with Gasteiger partial charge in [-0.2, -0.15) is 4.37 Å². The smallest absolute Gasteiger partial charge is 0.258 e. The molecule has 4 N–H and O–H groups in total. The highest BCUT2D eigenvalue weighted by Crippen LogP contribution is 2.27. The van der Waals surface area contributed by atoms with E-state index in [-0.39, 0.29) is 17.8 Å². The van der Waals surface area contributed by atoms with Crippen LogP contribution in [0.2, 0.25) is 0 Å². The van der Waals surface area contributed by atoms with Gasteiger partial charge in [0, 0.05) is 11.7 Å². The van der Waals surface area contributed by atoms with Gasteiger partial charge in [0.05, 0.1) is 12.2 Å². The van der Waals surface area contributed by atoms with Crippen LogP contribution in [0.15, 0.2) is 18.2 Å². The number of carbonyl (C=O) groups is 1. The van der Waals surface area contributed by atoms with E-state index >= 15 is 0 Å². The highest BCUT2D eigenvalue weighted by Gasteiger charge is 2.19. The Kier molecular flexibility index (Phi) is 4.74. The summed E-state index contributed by atoms with van der Waals surface area (Å²) in [6, 6.07) is 5.86. The van der Waals surface area contributed by atoms with Crippen molar-refractivity contribution >= 4 is 28.3 Å². The number of hydrogen-bond donors (Lipinski definition) is 3. The van der Waals surface area contributed by atoms with Crippen LogP contribution in [-0.4, -0.2) is 21.3 Å². The molecule has 0 fully saturated rings. The van der Waals surface area contributed by atoms with E-state index in [1.807, 2.05) is 39.0 Å². The zero-order valence-electron chi connectivity index (χ0n) is 12.3. The Labute approximate surface area is 128 Å². The van der Waals surface area contributed by atoms with E-state index in [2.05, 4.69) is 20.0 Å². The van der Waals surface area contributed by atoms with Crippen LogP contribution in [0.1, 0.15) is 35.6 Å². The molecule has 0 atom stereocenters. The predicted octanol–water partition coefficient (Wildman–Crippen LogP) is 2.18. The van der Waals surface area contributed by atoms with Crippen molar-refractivity contribution in [2.24, 2.45) is 0 Å². The number of nitrogen functional groups attached to an aromatic ring is 1. The van der Waals surface area contributed by atoms with Gasteiger partial charge in [-0.1, -0.05) is 6.07 Å². The molecule has 0 aliphatic carbocycles. The van der Waals surface area contributed by atoms with Crippen LogP contribution in [-0.2, 0) is 6.54 Å². The summed E-state index contributed by atoms with van der Waals surface area (Å²) in [6.45, 7) is 6.26. The number of nitrogens with two attached hydrogens (primary N) is 1. The highest BCUT2D eigenvalue weighted by atomic mass is 32.1. The van der Waals surface area contributed by atoms with Crippen molar-refractivity contribution in [2.45, 2.75) is 33.4 Å². The van der Waals surface area contributed by atoms with Crippen molar-refractivity contribution in [2.75, 3.05) is 11.1 Å². The molecule has 2 rings (SSSR count). The molecule has 7 heteroatoms. The average molecular weight is 305 g/mol. The molecule has 2 heterocycles. The van der Waals surface area contributed by atoms with E-state index in [0.717, 1.165) is 11.4 Å². The zero-order valence-corrected chi connectivity index (χ0v) is 13.1. The fourth-order valence-electron chi connectivity index (χ4n) is 1.85. The molecule has 6 nitrogen and oxygen atoms in total. The Morgan fingerprint density at radius 3 is 2.86 bits per heavy atom. The van der Waals surface area contributed by atoms with Crippen LogP contribution in [0.25, 0.3) is 0 Å². The molecule has 0 saturated heterocycles. The van der Waals surface area contributed by atoms with Crippen LogP contribution < -0.4 is 16.4 Å². The minimum atomic E-state index is -0.212. The van der Waals surface area contributed by atoms with Crippen LogP contribution >= 0.6 is 11.5 Å². The summed E-state index contributed by atoms with van der Waals surface area (Å²) in [6.07, 6.45) is 0. The summed E-state index contributed by atoms with van der Waals surface area (Å²) in [5, 5.41) is 6.67. The molecule has 2 aromatic rings. The van der Waals surface area contributed by atoms with Gasteiger partial charge in [-0.15, -0.1) is 0 Å². The number of aryl methyl sites for hydroxylation is 1. The SMILES string of the molecule is Cc1cccc(CNc2snc(N)c2C(=O)NC(C)C)n1. The normalized spacial score (nSPS) is 10.7. The number of amides is 1. The Morgan fingerprint density at radius 1 is 1.43 bits per heavy atom. The molecule has 21 heavy (non-hydrogen) atoms. The van der Waals surface area contributed by atoms with E-state index in [4.69, 9.17) is 5.73 Å². The van der Waals surface area contributed by atoms with E-state index < -0.39 is 0 Å². The van der Waals surface area contributed by atoms with Gasteiger partial charge in [-0.05, 0) is 44.4 Å². The Balaban J connectivity index is 2.12. The maximum Gasteiger partial charge on any atom is 0.258 e. The first-order valence-electron chi connectivity index (χ1n) is 6.69. The van der Waals surface area contributed by atoms with Gasteiger partial charge in [0.2, 0.25) is 0 Å². The lowest BCUT2D eigenvalue weighted by atomic mass is 10.2. The van der Waals surface area contributed by atoms with Gasteiger partial charge in [-0.3, -0.25) is 9.78 Å². The van der Waals surface area contributed by atoms with E-state index in [0.29, 0.717) is 17.1 Å². The maximum atomic E-state index is 12.1. The second-order valence-electron chi connectivity index (χ2n) is 5.02. The number of rotatable bonds is 5. The highest BCUT2D eigenvalue weighted by molar-refractivity contribution is 7.11.